The molecule has 5 N–H and O–H groups in total. The molecule has 14 nitrogen and oxygen atoms in total. The number of fused-ring (bicyclic) bond motifs is 1. The number of aliphatic hydroxyl groups is 1. The summed E-state index contributed by atoms with van der Waals surface area (Å²) >= 11 is 0. The minimum atomic E-state index is -5.65. The molecule has 1 aliphatic carbocycles. The quantitative estimate of drug-likeness (QED) is 0.236. The van der Waals surface area contributed by atoms with Crippen LogP contribution in [-0.2, 0) is 26.8 Å². The van der Waals surface area contributed by atoms with Gasteiger partial charge in [-0.15, -0.1) is 0 Å². The number of hydrogen-bond acceptors (Lipinski definition) is 9. The lowest BCUT2D eigenvalue weighted by atomic mass is 9.66. The lowest BCUT2D eigenvalue weighted by Gasteiger charge is -2.46. The summed E-state index contributed by atoms with van der Waals surface area (Å²) in [5.41, 5.74) is 1.03. The molecule has 0 aliphatic heterocycles. The molecule has 5 atom stereocenters. The van der Waals surface area contributed by atoms with Crippen molar-refractivity contribution in [2.75, 3.05) is 13.2 Å². The van der Waals surface area contributed by atoms with Gasteiger partial charge < -0.3 is 29.2 Å². The third-order valence-corrected chi connectivity index (χ3v) is 8.68. The van der Waals surface area contributed by atoms with E-state index < -0.39 is 60.4 Å². The summed E-state index contributed by atoms with van der Waals surface area (Å²) in [6, 6.07) is -0.643. The van der Waals surface area contributed by atoms with Crippen molar-refractivity contribution in [3.63, 3.8) is 0 Å². The zero-order valence-electron chi connectivity index (χ0n) is 16.3. The van der Waals surface area contributed by atoms with Crippen molar-refractivity contribution < 1.29 is 55.9 Å². The van der Waals surface area contributed by atoms with Crippen LogP contribution >= 0.6 is 23.5 Å². The first kappa shape index (κ1) is 25.3. The second kappa shape index (κ2) is 8.79. The van der Waals surface area contributed by atoms with E-state index in [1.807, 2.05) is 0 Å². The first-order valence-electron chi connectivity index (χ1n) is 8.71. The van der Waals surface area contributed by atoms with Gasteiger partial charge in [0.2, 0.25) is 0 Å². The van der Waals surface area contributed by atoms with E-state index in [-0.39, 0.29) is 11.0 Å². The fourth-order valence-corrected chi connectivity index (χ4v) is 6.63. The van der Waals surface area contributed by atoms with Crippen molar-refractivity contribution in [3.05, 3.63) is 36.2 Å². The van der Waals surface area contributed by atoms with E-state index in [4.69, 9.17) is 9.79 Å². The number of aliphatic hydroxyl groups excluding tert-OH is 1. The second-order valence-corrected chi connectivity index (χ2v) is 11.3. The molecular weight excluding hydrogens is 498 g/mol. The van der Waals surface area contributed by atoms with Crippen LogP contribution in [0.3, 0.4) is 0 Å². The molecule has 2 aromatic heterocycles. The molecule has 18 heteroatoms. The van der Waals surface area contributed by atoms with Crippen LogP contribution in [-0.4, -0.2) is 52.4 Å². The van der Waals surface area contributed by atoms with Crippen molar-refractivity contribution in [1.82, 2.24) is 14.5 Å². The molecule has 1 saturated carbocycles. The Bertz CT molecular complexity index is 1200. The van der Waals surface area contributed by atoms with Gasteiger partial charge in [-0.1, -0.05) is 6.58 Å². The summed E-state index contributed by atoms with van der Waals surface area (Å²) in [7, 11) is -16.5. The third-order valence-electron chi connectivity index (χ3n) is 4.87. The Morgan fingerprint density at radius 2 is 1.81 bits per heavy atom. The number of aryl methyl sites for hydroxylation is 1. The van der Waals surface area contributed by atoms with Crippen LogP contribution in [0.4, 0.5) is 4.39 Å². The molecule has 178 valence electrons. The highest BCUT2D eigenvalue weighted by atomic mass is 31.3. The zero-order valence-corrected chi connectivity index (χ0v) is 18.9. The number of halogens is 1. The van der Waals surface area contributed by atoms with Gasteiger partial charge >= 0.3 is 23.5 Å². The summed E-state index contributed by atoms with van der Waals surface area (Å²) in [6.07, 6.45) is 2.42. The number of rotatable bonds is 9. The van der Waals surface area contributed by atoms with Crippen LogP contribution in [0.1, 0.15) is 11.7 Å². The van der Waals surface area contributed by atoms with E-state index in [1.165, 1.54) is 17.1 Å². The Labute approximate surface area is 179 Å². The first-order valence-corrected chi connectivity index (χ1v) is 13.2. The molecule has 1 fully saturated rings. The molecule has 2 heterocycles. The molecule has 1 aliphatic rings. The topological polar surface area (TPSA) is 211 Å². The van der Waals surface area contributed by atoms with Crippen LogP contribution in [0, 0.1) is 24.6 Å². The lowest BCUT2D eigenvalue weighted by Crippen LogP contribution is -2.45. The fraction of sp³-hybridized carbons (Fsp3) is 0.429. The van der Waals surface area contributed by atoms with E-state index in [0.29, 0.717) is 11.3 Å². The Morgan fingerprint density at radius 1 is 1.16 bits per heavy atom. The molecule has 0 radical (unpaired) electrons. The maximum Gasteiger partial charge on any atom is 0.490 e. The molecule has 0 aromatic carbocycles. The summed E-state index contributed by atoms with van der Waals surface area (Å²) in [5.74, 6) is -2.00. The van der Waals surface area contributed by atoms with Gasteiger partial charge in [-0.3, -0.25) is 4.52 Å². The van der Waals surface area contributed by atoms with Crippen molar-refractivity contribution in [2.45, 2.75) is 13.0 Å². The van der Waals surface area contributed by atoms with Crippen LogP contribution in [0.2, 0.25) is 0 Å². The van der Waals surface area contributed by atoms with Crippen LogP contribution in [0.25, 0.3) is 11.0 Å². The van der Waals surface area contributed by atoms with E-state index >= 15 is 0 Å². The highest BCUT2D eigenvalue weighted by Crippen LogP contribution is 2.66. The van der Waals surface area contributed by atoms with Gasteiger partial charge in [0.05, 0.1) is 23.7 Å². The summed E-state index contributed by atoms with van der Waals surface area (Å²) in [6.45, 7) is 4.35. The molecule has 0 amide bonds. The summed E-state index contributed by atoms with van der Waals surface area (Å²) in [5, 5.41) is 9.98. The van der Waals surface area contributed by atoms with E-state index in [9.17, 15) is 33.0 Å². The SMILES string of the molecule is C=C1[C@@H](n2cc(F)c3c(C)ncnc32)[C@H](CO)[C@H]1COP(=O)(O)OP(=O)(O)OP(=O)(O)O. The third kappa shape index (κ3) is 5.24. The molecule has 32 heavy (non-hydrogen) atoms. The van der Waals surface area contributed by atoms with Gasteiger partial charge in [0.15, 0.2) is 5.82 Å². The van der Waals surface area contributed by atoms with Crippen LogP contribution < -0.4 is 0 Å². The maximum atomic E-state index is 14.4. The molecule has 3 rings (SSSR count). The average Bonchev–Trinajstić information content (AvgIpc) is 2.93. The van der Waals surface area contributed by atoms with Crippen LogP contribution in [0.15, 0.2) is 24.7 Å². The summed E-state index contributed by atoms with van der Waals surface area (Å²) < 4.78 is 61.7. The minimum Gasteiger partial charge on any atom is -0.396 e. The van der Waals surface area contributed by atoms with Crippen molar-refractivity contribution >= 4 is 34.5 Å². The second-order valence-electron chi connectivity index (χ2n) is 6.90. The van der Waals surface area contributed by atoms with Gasteiger partial charge in [0.25, 0.3) is 0 Å². The Hall–Kier alpha value is -1.34. The number of aromatic nitrogens is 3. The van der Waals surface area contributed by atoms with E-state index in [1.54, 1.807) is 6.92 Å². The Balaban J connectivity index is 1.74. The predicted octanol–water partition coefficient (Wildman–Crippen LogP) is 1.56. The Kier molecular flexibility index (Phi) is 6.94. The van der Waals surface area contributed by atoms with Crippen molar-refractivity contribution in [1.29, 1.82) is 0 Å². The van der Waals surface area contributed by atoms with Crippen LogP contribution in [0.5, 0.6) is 0 Å². The molecule has 2 unspecified atom stereocenters. The molecule has 0 saturated heterocycles. The standard InChI is InChI=1S/C14H19FN3O11P3/c1-7-10(5-27-31(23,24)29-32(25,26)28-30(20,21)22)9(4-19)13(7)18-3-11(15)12-8(2)16-6-17-14(12)18/h3,6,9-10,13,19H,1,4-5H2,2H3,(H,23,24)(H,25,26)(H2,20,21,22)/t9-,10+,13-/m1/s1. The smallest absolute Gasteiger partial charge is 0.396 e. The van der Waals surface area contributed by atoms with E-state index in [2.05, 4.69) is 29.7 Å². The fourth-order valence-electron chi connectivity index (χ4n) is 3.59. The van der Waals surface area contributed by atoms with Gasteiger partial charge in [-0.25, -0.2) is 28.1 Å². The molecule has 0 bridgehead atoms. The van der Waals surface area contributed by atoms with Gasteiger partial charge in [0.1, 0.15) is 12.0 Å². The number of nitrogens with zero attached hydrogens (tertiary/aromatic N) is 3. The van der Waals surface area contributed by atoms with Crippen molar-refractivity contribution in [2.24, 2.45) is 11.8 Å². The zero-order chi connectivity index (χ0) is 24.1. The minimum absolute atomic E-state index is 0.189. The molecule has 0 spiro atoms. The predicted molar refractivity (Wildman–Crippen MR) is 104 cm³/mol. The highest BCUT2D eigenvalue weighted by Gasteiger charge is 2.48. The maximum absolute atomic E-state index is 14.4. The number of phosphoric acid groups is 3. The molecular formula is C14H19FN3O11P3. The summed E-state index contributed by atoms with van der Waals surface area (Å²) in [4.78, 5) is 43.9. The van der Waals surface area contributed by atoms with Gasteiger partial charge in [-0.2, -0.15) is 8.62 Å². The average molecular weight is 517 g/mol. The Morgan fingerprint density at radius 3 is 2.41 bits per heavy atom. The number of hydrogen-bond donors (Lipinski definition) is 5. The first-order chi connectivity index (χ1) is 14.7. The van der Waals surface area contributed by atoms with Gasteiger partial charge in [0, 0.05) is 24.6 Å². The molecule has 2 aromatic rings. The number of phosphoric ester groups is 1. The van der Waals surface area contributed by atoms with Crippen molar-refractivity contribution in [3.8, 4) is 0 Å². The normalized spacial score (nSPS) is 25.3. The monoisotopic (exact) mass is 517 g/mol. The lowest BCUT2D eigenvalue weighted by molar-refractivity contribution is 0.0501. The largest absolute Gasteiger partial charge is 0.490 e. The highest BCUT2D eigenvalue weighted by molar-refractivity contribution is 7.66. The van der Waals surface area contributed by atoms with E-state index in [0.717, 1.165) is 0 Å². The van der Waals surface area contributed by atoms with Gasteiger partial charge in [-0.05, 0) is 12.5 Å².